The molecule has 134 valence electrons. The van der Waals surface area contributed by atoms with Gasteiger partial charge in [-0.15, -0.1) is 11.3 Å². The standard InChI is InChI=1S/C21H23N3OS/c25-21(24-14-6-9-18(16-24)23-12-4-5-13-23)19-15-22-20(26-19)11-10-17-7-2-1-3-8-17/h1-3,7-8,15,18H,4-6,9,12-14,16H2. The monoisotopic (exact) mass is 365 g/mol. The lowest BCUT2D eigenvalue weighted by molar-refractivity contribution is 0.0612. The minimum absolute atomic E-state index is 0.110. The summed E-state index contributed by atoms with van der Waals surface area (Å²) >= 11 is 1.40. The van der Waals surface area contributed by atoms with Crippen molar-refractivity contribution in [2.75, 3.05) is 26.2 Å². The van der Waals surface area contributed by atoms with Crippen LogP contribution in [0.1, 0.15) is 45.9 Å². The highest BCUT2D eigenvalue weighted by Gasteiger charge is 2.30. The van der Waals surface area contributed by atoms with Crippen LogP contribution >= 0.6 is 11.3 Å². The van der Waals surface area contributed by atoms with Crippen LogP contribution in [0.25, 0.3) is 0 Å². The van der Waals surface area contributed by atoms with Crippen LogP contribution in [0.4, 0.5) is 0 Å². The molecule has 1 aromatic carbocycles. The summed E-state index contributed by atoms with van der Waals surface area (Å²) in [5.74, 6) is 6.28. The number of aromatic nitrogens is 1. The molecule has 1 aromatic heterocycles. The molecule has 2 aliphatic heterocycles. The molecular weight excluding hydrogens is 342 g/mol. The van der Waals surface area contributed by atoms with E-state index in [-0.39, 0.29) is 5.91 Å². The summed E-state index contributed by atoms with van der Waals surface area (Å²) in [6, 6.07) is 10.4. The molecule has 2 aromatic rings. The molecule has 0 bridgehead atoms. The predicted molar refractivity (Wildman–Crippen MR) is 104 cm³/mol. The lowest BCUT2D eigenvalue weighted by atomic mass is 10.0. The summed E-state index contributed by atoms with van der Waals surface area (Å²) in [6.07, 6.45) is 6.57. The Bertz CT molecular complexity index is 815. The second-order valence-electron chi connectivity index (χ2n) is 6.94. The number of hydrogen-bond acceptors (Lipinski definition) is 4. The second kappa shape index (κ2) is 8.03. The van der Waals surface area contributed by atoms with E-state index in [4.69, 9.17) is 0 Å². The van der Waals surface area contributed by atoms with E-state index in [1.165, 1.54) is 43.7 Å². The van der Waals surface area contributed by atoms with Crippen LogP contribution in [0, 0.1) is 11.8 Å². The summed E-state index contributed by atoms with van der Waals surface area (Å²) in [5, 5.41) is 0.699. The van der Waals surface area contributed by atoms with E-state index in [1.54, 1.807) is 6.20 Å². The van der Waals surface area contributed by atoms with Gasteiger partial charge in [0.05, 0.1) is 6.20 Å². The first-order chi connectivity index (χ1) is 12.8. The van der Waals surface area contributed by atoms with E-state index in [0.29, 0.717) is 15.9 Å². The molecule has 0 spiro atoms. The van der Waals surface area contributed by atoms with E-state index in [1.807, 2.05) is 35.2 Å². The highest BCUT2D eigenvalue weighted by atomic mass is 32.1. The minimum Gasteiger partial charge on any atom is -0.336 e. The van der Waals surface area contributed by atoms with Crippen LogP contribution < -0.4 is 0 Å². The van der Waals surface area contributed by atoms with Crippen LogP contribution in [0.2, 0.25) is 0 Å². The maximum atomic E-state index is 12.9. The van der Waals surface area contributed by atoms with Crippen LogP contribution in [0.15, 0.2) is 36.5 Å². The van der Waals surface area contributed by atoms with Crippen LogP contribution in [0.5, 0.6) is 0 Å². The Kier molecular flexibility index (Phi) is 5.33. The maximum absolute atomic E-state index is 12.9. The second-order valence-corrected chi connectivity index (χ2v) is 7.97. The van der Waals surface area contributed by atoms with Crippen molar-refractivity contribution < 1.29 is 4.79 Å². The van der Waals surface area contributed by atoms with Crippen molar-refractivity contribution in [1.29, 1.82) is 0 Å². The summed E-state index contributed by atoms with van der Waals surface area (Å²) in [6.45, 7) is 4.08. The molecule has 0 radical (unpaired) electrons. The Balaban J connectivity index is 1.42. The van der Waals surface area contributed by atoms with Gasteiger partial charge in [-0.25, -0.2) is 4.98 Å². The first-order valence-corrected chi connectivity index (χ1v) is 10.2. The van der Waals surface area contributed by atoms with Crippen molar-refractivity contribution >= 4 is 17.2 Å². The SMILES string of the molecule is O=C(c1cnc(C#Cc2ccccc2)s1)N1CCCC(N2CCCC2)C1. The third-order valence-electron chi connectivity index (χ3n) is 5.14. The molecule has 4 rings (SSSR count). The predicted octanol–water partition coefficient (Wildman–Crippen LogP) is 3.24. The van der Waals surface area contributed by atoms with Gasteiger partial charge in [0.25, 0.3) is 5.91 Å². The molecule has 1 atom stereocenters. The van der Waals surface area contributed by atoms with Crippen LogP contribution in [-0.4, -0.2) is 52.9 Å². The van der Waals surface area contributed by atoms with E-state index in [0.717, 1.165) is 25.1 Å². The smallest absolute Gasteiger partial charge is 0.265 e. The fraction of sp³-hybridized carbons (Fsp3) is 0.429. The number of piperidine rings is 1. The highest BCUT2D eigenvalue weighted by molar-refractivity contribution is 7.14. The normalized spacial score (nSPS) is 20.6. The number of thiazole rings is 1. The number of hydrogen-bond donors (Lipinski definition) is 0. The number of benzene rings is 1. The van der Waals surface area contributed by atoms with E-state index < -0.39 is 0 Å². The molecule has 0 aliphatic carbocycles. The van der Waals surface area contributed by atoms with Crippen molar-refractivity contribution in [2.24, 2.45) is 0 Å². The zero-order valence-corrected chi connectivity index (χ0v) is 15.7. The topological polar surface area (TPSA) is 36.4 Å². The van der Waals surface area contributed by atoms with Crippen molar-refractivity contribution in [2.45, 2.75) is 31.7 Å². The molecule has 26 heavy (non-hydrogen) atoms. The maximum Gasteiger partial charge on any atom is 0.265 e. The molecule has 5 heteroatoms. The van der Waals surface area contributed by atoms with Gasteiger partial charge in [0, 0.05) is 24.7 Å². The fourth-order valence-electron chi connectivity index (χ4n) is 3.78. The largest absolute Gasteiger partial charge is 0.336 e. The van der Waals surface area contributed by atoms with Crippen molar-refractivity contribution in [3.05, 3.63) is 52.0 Å². The Morgan fingerprint density at radius 3 is 2.69 bits per heavy atom. The minimum atomic E-state index is 0.110. The molecule has 1 amide bonds. The number of amides is 1. The average molecular weight is 366 g/mol. The molecule has 0 saturated carbocycles. The molecule has 0 N–H and O–H groups in total. The Hall–Kier alpha value is -2.16. The molecule has 4 nitrogen and oxygen atoms in total. The Labute approximate surface area is 158 Å². The van der Waals surface area contributed by atoms with E-state index in [2.05, 4.69) is 21.7 Å². The molecule has 1 unspecified atom stereocenters. The van der Waals surface area contributed by atoms with Crippen LogP contribution in [0.3, 0.4) is 0 Å². The van der Waals surface area contributed by atoms with Crippen molar-refractivity contribution in [3.8, 4) is 11.8 Å². The van der Waals surface area contributed by atoms with Gasteiger partial charge in [-0.1, -0.05) is 24.1 Å². The lowest BCUT2D eigenvalue weighted by Gasteiger charge is -2.37. The molecule has 3 heterocycles. The highest BCUT2D eigenvalue weighted by Crippen LogP contribution is 2.23. The molecule has 2 saturated heterocycles. The summed E-state index contributed by atoms with van der Waals surface area (Å²) in [4.78, 5) is 22.5. The zero-order valence-electron chi connectivity index (χ0n) is 14.9. The number of carbonyl (C=O) groups excluding carboxylic acids is 1. The van der Waals surface area contributed by atoms with Gasteiger partial charge in [0.2, 0.25) is 0 Å². The van der Waals surface area contributed by atoms with Gasteiger partial charge in [-0.05, 0) is 56.8 Å². The Morgan fingerprint density at radius 1 is 1.08 bits per heavy atom. The number of likely N-dealkylation sites (tertiary alicyclic amines) is 2. The molecule has 2 aliphatic rings. The van der Waals surface area contributed by atoms with Crippen molar-refractivity contribution in [3.63, 3.8) is 0 Å². The van der Waals surface area contributed by atoms with Crippen LogP contribution in [-0.2, 0) is 0 Å². The van der Waals surface area contributed by atoms with E-state index >= 15 is 0 Å². The quantitative estimate of drug-likeness (QED) is 0.767. The van der Waals surface area contributed by atoms with Gasteiger partial charge < -0.3 is 4.90 Å². The zero-order chi connectivity index (χ0) is 17.8. The first-order valence-electron chi connectivity index (χ1n) is 9.36. The van der Waals surface area contributed by atoms with E-state index in [9.17, 15) is 4.79 Å². The van der Waals surface area contributed by atoms with Gasteiger partial charge in [0.1, 0.15) is 4.88 Å². The number of carbonyl (C=O) groups is 1. The first kappa shape index (κ1) is 17.3. The van der Waals surface area contributed by atoms with Gasteiger partial charge >= 0.3 is 0 Å². The Morgan fingerprint density at radius 2 is 1.88 bits per heavy atom. The van der Waals surface area contributed by atoms with Crippen molar-refractivity contribution in [1.82, 2.24) is 14.8 Å². The summed E-state index contributed by atoms with van der Waals surface area (Å²) < 4.78 is 0. The summed E-state index contributed by atoms with van der Waals surface area (Å²) in [5.41, 5.74) is 0.958. The number of rotatable bonds is 2. The van der Waals surface area contributed by atoms with Gasteiger partial charge in [0.15, 0.2) is 5.01 Å². The molecular formula is C21H23N3OS. The number of nitrogens with zero attached hydrogens (tertiary/aromatic N) is 3. The lowest BCUT2D eigenvalue weighted by Crippen LogP contribution is -2.48. The van der Waals surface area contributed by atoms with Gasteiger partial charge in [-0.2, -0.15) is 0 Å². The third kappa shape index (κ3) is 3.98. The average Bonchev–Trinajstić information content (AvgIpc) is 3.39. The molecule has 2 fully saturated rings. The fourth-order valence-corrected chi connectivity index (χ4v) is 4.52. The summed E-state index contributed by atoms with van der Waals surface area (Å²) in [7, 11) is 0. The van der Waals surface area contributed by atoms with Gasteiger partial charge in [-0.3, -0.25) is 9.69 Å². The third-order valence-corrected chi connectivity index (χ3v) is 6.05.